The van der Waals surface area contributed by atoms with Crippen molar-refractivity contribution in [2.24, 2.45) is 7.05 Å². The highest BCUT2D eigenvalue weighted by molar-refractivity contribution is 5.56. The smallest absolute Gasteiger partial charge is 0.241 e. The van der Waals surface area contributed by atoms with Gasteiger partial charge in [-0.15, -0.1) is 0 Å². The van der Waals surface area contributed by atoms with Crippen LogP contribution in [0, 0.1) is 17.1 Å². The molecule has 1 heterocycles. The summed E-state index contributed by atoms with van der Waals surface area (Å²) in [6.45, 7) is 3.93. The van der Waals surface area contributed by atoms with Gasteiger partial charge in [-0.3, -0.25) is 0 Å². The molecule has 1 aromatic heterocycles. The van der Waals surface area contributed by atoms with E-state index in [2.05, 4.69) is 5.10 Å². The number of aromatic nitrogens is 2. The summed E-state index contributed by atoms with van der Waals surface area (Å²) in [4.78, 5) is 0. The van der Waals surface area contributed by atoms with E-state index in [1.807, 2.05) is 13.8 Å². The molecule has 0 aliphatic rings. The Balaban J connectivity index is 2.47. The van der Waals surface area contributed by atoms with Crippen LogP contribution in [0.4, 0.5) is 10.1 Å². The molecule has 0 aliphatic carbocycles. The van der Waals surface area contributed by atoms with E-state index in [1.165, 1.54) is 22.9 Å². The van der Waals surface area contributed by atoms with Crippen LogP contribution in [0.1, 0.15) is 31.0 Å². The lowest BCUT2D eigenvalue weighted by Gasteiger charge is -2.08. The van der Waals surface area contributed by atoms with Crippen LogP contribution in [0.5, 0.6) is 11.6 Å². The van der Waals surface area contributed by atoms with Crippen molar-refractivity contribution in [3.05, 3.63) is 35.3 Å². The highest BCUT2D eigenvalue weighted by atomic mass is 19.1. The molecule has 0 atom stereocenters. The first kappa shape index (κ1) is 13.9. The van der Waals surface area contributed by atoms with Gasteiger partial charge in [-0.25, -0.2) is 9.07 Å². The first-order valence-corrected chi connectivity index (χ1v) is 6.14. The Morgan fingerprint density at radius 2 is 2.15 bits per heavy atom. The van der Waals surface area contributed by atoms with Crippen LogP contribution in [0.25, 0.3) is 0 Å². The van der Waals surface area contributed by atoms with Gasteiger partial charge in [0.25, 0.3) is 0 Å². The number of hydrogen-bond donors (Lipinski definition) is 1. The summed E-state index contributed by atoms with van der Waals surface area (Å²) in [7, 11) is 1.68. The number of halogens is 1. The molecule has 6 heteroatoms. The summed E-state index contributed by atoms with van der Waals surface area (Å²) in [6.07, 6.45) is 0. The van der Waals surface area contributed by atoms with E-state index in [4.69, 9.17) is 15.7 Å². The summed E-state index contributed by atoms with van der Waals surface area (Å²) in [5, 5.41) is 13.3. The number of hydrogen-bond acceptors (Lipinski definition) is 4. The predicted molar refractivity (Wildman–Crippen MR) is 72.9 cm³/mol. The Kier molecular flexibility index (Phi) is 3.61. The molecule has 5 nitrogen and oxygen atoms in total. The number of ether oxygens (including phenoxy) is 1. The quantitative estimate of drug-likeness (QED) is 0.933. The highest BCUT2D eigenvalue weighted by Gasteiger charge is 2.19. The van der Waals surface area contributed by atoms with E-state index in [1.54, 1.807) is 13.1 Å². The van der Waals surface area contributed by atoms with E-state index in [-0.39, 0.29) is 17.2 Å². The summed E-state index contributed by atoms with van der Waals surface area (Å²) in [5.74, 6) is -0.0652. The van der Waals surface area contributed by atoms with Gasteiger partial charge in [0, 0.05) is 7.05 Å². The first-order chi connectivity index (χ1) is 9.45. The van der Waals surface area contributed by atoms with E-state index in [0.29, 0.717) is 17.3 Å². The molecule has 0 unspecified atom stereocenters. The van der Waals surface area contributed by atoms with Crippen molar-refractivity contribution in [2.45, 2.75) is 19.8 Å². The third-order valence-corrected chi connectivity index (χ3v) is 2.90. The summed E-state index contributed by atoms with van der Waals surface area (Å²) in [5.41, 5.74) is 6.95. The molecule has 2 N–H and O–H groups in total. The number of nitrogens with zero attached hydrogens (tertiary/aromatic N) is 3. The van der Waals surface area contributed by atoms with Crippen LogP contribution in [0.3, 0.4) is 0 Å². The number of aryl methyl sites for hydroxylation is 1. The molecule has 0 saturated carbocycles. The van der Waals surface area contributed by atoms with Crippen LogP contribution in [-0.2, 0) is 7.05 Å². The van der Waals surface area contributed by atoms with Gasteiger partial charge in [-0.2, -0.15) is 10.4 Å². The van der Waals surface area contributed by atoms with Crippen molar-refractivity contribution >= 4 is 5.69 Å². The summed E-state index contributed by atoms with van der Waals surface area (Å²) >= 11 is 0. The van der Waals surface area contributed by atoms with E-state index in [9.17, 15) is 4.39 Å². The zero-order valence-corrected chi connectivity index (χ0v) is 11.5. The molecule has 104 valence electrons. The fourth-order valence-electron chi connectivity index (χ4n) is 1.89. The van der Waals surface area contributed by atoms with Gasteiger partial charge in [0.2, 0.25) is 5.88 Å². The molecule has 0 fully saturated rings. The molecule has 2 aromatic rings. The lowest BCUT2D eigenvalue weighted by molar-refractivity contribution is 0.427. The lowest BCUT2D eigenvalue weighted by Crippen LogP contribution is -1.99. The summed E-state index contributed by atoms with van der Waals surface area (Å²) in [6, 6.07) is 5.98. The van der Waals surface area contributed by atoms with E-state index >= 15 is 0 Å². The van der Waals surface area contributed by atoms with Crippen molar-refractivity contribution in [3.63, 3.8) is 0 Å². The van der Waals surface area contributed by atoms with Crippen LogP contribution in [-0.4, -0.2) is 9.78 Å². The van der Waals surface area contributed by atoms with Crippen LogP contribution >= 0.6 is 0 Å². The molecule has 20 heavy (non-hydrogen) atoms. The third kappa shape index (κ3) is 2.30. The van der Waals surface area contributed by atoms with Gasteiger partial charge in [-0.1, -0.05) is 19.9 Å². The topological polar surface area (TPSA) is 76.9 Å². The summed E-state index contributed by atoms with van der Waals surface area (Å²) < 4.78 is 20.6. The Hall–Kier alpha value is -2.55. The molecule has 1 aromatic carbocycles. The van der Waals surface area contributed by atoms with Gasteiger partial charge >= 0.3 is 0 Å². The van der Waals surface area contributed by atoms with Crippen molar-refractivity contribution < 1.29 is 9.13 Å². The maximum Gasteiger partial charge on any atom is 0.241 e. The second-order valence-electron chi connectivity index (χ2n) is 4.71. The largest absolute Gasteiger partial charge is 0.436 e. The van der Waals surface area contributed by atoms with Crippen LogP contribution in [0.15, 0.2) is 18.2 Å². The number of rotatable bonds is 3. The second-order valence-corrected chi connectivity index (χ2v) is 4.71. The van der Waals surface area contributed by atoms with Gasteiger partial charge in [0.05, 0.1) is 5.69 Å². The maximum atomic E-state index is 13.5. The van der Waals surface area contributed by atoms with Crippen LogP contribution < -0.4 is 10.5 Å². The molecule has 0 saturated heterocycles. The van der Waals surface area contributed by atoms with Crippen molar-refractivity contribution in [1.29, 1.82) is 5.26 Å². The van der Waals surface area contributed by atoms with Crippen molar-refractivity contribution in [3.8, 4) is 17.7 Å². The SMILES string of the molecule is CC(C)c1nn(C)c(Oc2cccc(F)c2C#N)c1N. The predicted octanol–water partition coefficient (Wildman–Crippen LogP) is 2.93. The van der Waals surface area contributed by atoms with Gasteiger partial charge < -0.3 is 10.5 Å². The number of nitrogens with two attached hydrogens (primary N) is 1. The Morgan fingerprint density at radius 3 is 2.70 bits per heavy atom. The molecule has 0 amide bonds. The highest BCUT2D eigenvalue weighted by Crippen LogP contribution is 2.34. The maximum absolute atomic E-state index is 13.5. The average Bonchev–Trinajstić information content (AvgIpc) is 2.67. The number of benzene rings is 1. The van der Waals surface area contributed by atoms with Crippen LogP contribution in [0.2, 0.25) is 0 Å². The molecule has 2 rings (SSSR count). The fraction of sp³-hybridized carbons (Fsp3) is 0.286. The zero-order chi connectivity index (χ0) is 14.9. The number of nitrogen functional groups attached to an aromatic ring is 1. The van der Waals surface area contributed by atoms with E-state index in [0.717, 1.165) is 0 Å². The number of nitriles is 1. The van der Waals surface area contributed by atoms with Crippen molar-refractivity contribution in [1.82, 2.24) is 9.78 Å². The first-order valence-electron chi connectivity index (χ1n) is 6.14. The average molecular weight is 274 g/mol. The minimum atomic E-state index is -0.630. The minimum Gasteiger partial charge on any atom is -0.436 e. The second kappa shape index (κ2) is 5.21. The lowest BCUT2D eigenvalue weighted by atomic mass is 10.1. The standard InChI is InChI=1S/C14H15FN4O/c1-8(2)13-12(17)14(19(3)18-13)20-11-6-4-5-10(15)9(11)7-16/h4-6,8H,17H2,1-3H3. The van der Waals surface area contributed by atoms with Crippen molar-refractivity contribution in [2.75, 3.05) is 5.73 Å². The fourth-order valence-corrected chi connectivity index (χ4v) is 1.89. The van der Waals surface area contributed by atoms with E-state index < -0.39 is 5.82 Å². The molecule has 0 spiro atoms. The molecule has 0 aliphatic heterocycles. The monoisotopic (exact) mass is 274 g/mol. The van der Waals surface area contributed by atoms with Gasteiger partial charge in [0.15, 0.2) is 0 Å². The molecule has 0 radical (unpaired) electrons. The molecular weight excluding hydrogens is 259 g/mol. The Labute approximate surface area is 116 Å². The van der Waals surface area contributed by atoms with Gasteiger partial charge in [-0.05, 0) is 18.1 Å². The zero-order valence-electron chi connectivity index (χ0n) is 11.5. The molecule has 0 bridgehead atoms. The normalized spacial score (nSPS) is 10.6. The Bertz CT molecular complexity index is 685. The number of anilines is 1. The third-order valence-electron chi connectivity index (χ3n) is 2.90. The Morgan fingerprint density at radius 1 is 1.45 bits per heavy atom. The van der Waals surface area contributed by atoms with Gasteiger partial charge in [0.1, 0.15) is 28.9 Å². The molecular formula is C14H15FN4O. The minimum absolute atomic E-state index is 0.123.